The molecule has 0 aromatic heterocycles. The van der Waals surface area contributed by atoms with E-state index >= 15 is 0 Å². The summed E-state index contributed by atoms with van der Waals surface area (Å²) < 4.78 is 0. The summed E-state index contributed by atoms with van der Waals surface area (Å²) in [6.07, 6.45) is 4.36. The van der Waals surface area contributed by atoms with Gasteiger partial charge in [-0.1, -0.05) is 6.42 Å². The third-order valence-corrected chi connectivity index (χ3v) is 2.47. The van der Waals surface area contributed by atoms with Crippen molar-refractivity contribution in [3.8, 4) is 0 Å². The first-order valence-corrected chi connectivity index (χ1v) is 5.43. The van der Waals surface area contributed by atoms with Crippen LogP contribution < -0.4 is 5.32 Å². The topological polar surface area (TPSA) is 52.6 Å². The van der Waals surface area contributed by atoms with Gasteiger partial charge in [0, 0.05) is 13.2 Å². The third-order valence-electron chi connectivity index (χ3n) is 2.47. The summed E-state index contributed by atoms with van der Waals surface area (Å²) >= 11 is 0. The lowest BCUT2D eigenvalue weighted by Gasteiger charge is -2.25. The molecule has 1 fully saturated rings. The van der Waals surface area contributed by atoms with Crippen LogP contribution in [0.5, 0.6) is 0 Å². The first-order valence-electron chi connectivity index (χ1n) is 5.43. The second-order valence-corrected chi connectivity index (χ2v) is 3.76. The van der Waals surface area contributed by atoms with Crippen LogP contribution in [0.1, 0.15) is 25.7 Å². The first kappa shape index (κ1) is 11.5. The smallest absolute Gasteiger partial charge is 0.234 e. The maximum absolute atomic E-state index is 11.4. The van der Waals surface area contributed by atoms with Crippen molar-refractivity contribution in [3.63, 3.8) is 0 Å². The zero-order chi connectivity index (χ0) is 10.2. The van der Waals surface area contributed by atoms with Crippen LogP contribution in [0.3, 0.4) is 0 Å². The number of aliphatic hydroxyl groups is 1. The molecule has 0 unspecified atom stereocenters. The number of amides is 1. The van der Waals surface area contributed by atoms with Crippen LogP contribution in [0.15, 0.2) is 0 Å². The van der Waals surface area contributed by atoms with Gasteiger partial charge >= 0.3 is 0 Å². The molecule has 4 heteroatoms. The maximum Gasteiger partial charge on any atom is 0.234 e. The van der Waals surface area contributed by atoms with Gasteiger partial charge in [0.2, 0.25) is 5.91 Å². The predicted molar refractivity (Wildman–Crippen MR) is 55.0 cm³/mol. The highest BCUT2D eigenvalue weighted by atomic mass is 16.3. The van der Waals surface area contributed by atoms with Gasteiger partial charge in [-0.15, -0.1) is 0 Å². The van der Waals surface area contributed by atoms with Crippen molar-refractivity contribution >= 4 is 5.91 Å². The Morgan fingerprint density at radius 3 is 2.64 bits per heavy atom. The fraction of sp³-hybridized carbons (Fsp3) is 0.900. The van der Waals surface area contributed by atoms with Crippen LogP contribution in [0.2, 0.25) is 0 Å². The highest BCUT2D eigenvalue weighted by molar-refractivity contribution is 5.77. The van der Waals surface area contributed by atoms with E-state index in [1.54, 1.807) is 0 Å². The minimum absolute atomic E-state index is 0.0837. The average molecular weight is 200 g/mol. The number of rotatable bonds is 5. The zero-order valence-corrected chi connectivity index (χ0v) is 8.67. The summed E-state index contributed by atoms with van der Waals surface area (Å²) in [5.74, 6) is 0.0837. The number of hydrogen-bond donors (Lipinski definition) is 2. The molecule has 2 N–H and O–H groups in total. The number of nitrogens with one attached hydrogen (secondary N) is 1. The zero-order valence-electron chi connectivity index (χ0n) is 8.67. The van der Waals surface area contributed by atoms with Gasteiger partial charge in [0.1, 0.15) is 0 Å². The molecule has 1 amide bonds. The average Bonchev–Trinajstić information content (AvgIpc) is 2.20. The summed E-state index contributed by atoms with van der Waals surface area (Å²) in [6, 6.07) is 0. The molecule has 1 aliphatic heterocycles. The van der Waals surface area contributed by atoms with Gasteiger partial charge in [-0.25, -0.2) is 0 Å². The molecule has 1 saturated heterocycles. The van der Waals surface area contributed by atoms with Gasteiger partial charge in [0.25, 0.3) is 0 Å². The summed E-state index contributed by atoms with van der Waals surface area (Å²) in [5.41, 5.74) is 0. The number of carbonyl (C=O) groups excluding carboxylic acids is 1. The van der Waals surface area contributed by atoms with Crippen LogP contribution >= 0.6 is 0 Å². The molecular formula is C10H20N2O2. The summed E-state index contributed by atoms with van der Waals surface area (Å²) in [5, 5.41) is 11.3. The molecule has 1 rings (SSSR count). The molecule has 0 saturated carbocycles. The number of likely N-dealkylation sites (tertiary alicyclic amines) is 1. The molecule has 0 aromatic rings. The molecule has 0 aliphatic carbocycles. The molecule has 4 nitrogen and oxygen atoms in total. The van der Waals surface area contributed by atoms with Crippen molar-refractivity contribution in [1.82, 2.24) is 10.2 Å². The van der Waals surface area contributed by atoms with Gasteiger partial charge in [-0.3, -0.25) is 9.69 Å². The van der Waals surface area contributed by atoms with E-state index in [1.807, 2.05) is 0 Å². The maximum atomic E-state index is 11.4. The van der Waals surface area contributed by atoms with E-state index in [2.05, 4.69) is 10.2 Å². The molecule has 1 aliphatic rings. The normalized spacial score (nSPS) is 18.1. The van der Waals surface area contributed by atoms with Crippen LogP contribution in [0.4, 0.5) is 0 Å². The standard InChI is InChI=1S/C10H20N2O2/c13-8-4-5-11-10(14)9-12-6-2-1-3-7-12/h13H,1-9H2,(H,11,14). The van der Waals surface area contributed by atoms with Gasteiger partial charge in [-0.2, -0.15) is 0 Å². The van der Waals surface area contributed by atoms with E-state index < -0.39 is 0 Å². The van der Waals surface area contributed by atoms with Crippen LogP contribution in [-0.4, -0.2) is 48.7 Å². The van der Waals surface area contributed by atoms with E-state index in [4.69, 9.17) is 5.11 Å². The molecule has 0 radical (unpaired) electrons. The SMILES string of the molecule is O=C(CN1CCCCC1)NCCCO. The summed E-state index contributed by atoms with van der Waals surface area (Å²) in [7, 11) is 0. The predicted octanol–water partition coefficient (Wildman–Crippen LogP) is -0.0291. The van der Waals surface area contributed by atoms with Crippen molar-refractivity contribution < 1.29 is 9.90 Å². The number of carbonyl (C=O) groups is 1. The Bertz CT molecular complexity index is 168. The summed E-state index contributed by atoms with van der Waals surface area (Å²) in [6.45, 7) is 3.35. The lowest BCUT2D eigenvalue weighted by atomic mass is 10.1. The molecule has 0 spiro atoms. The molecule has 0 aromatic carbocycles. The monoisotopic (exact) mass is 200 g/mol. The third kappa shape index (κ3) is 4.58. The second-order valence-electron chi connectivity index (χ2n) is 3.76. The van der Waals surface area contributed by atoms with Crippen molar-refractivity contribution in [2.75, 3.05) is 32.8 Å². The Morgan fingerprint density at radius 2 is 2.00 bits per heavy atom. The van der Waals surface area contributed by atoms with E-state index in [0.717, 1.165) is 13.1 Å². The van der Waals surface area contributed by atoms with Crippen molar-refractivity contribution in [2.24, 2.45) is 0 Å². The number of nitrogens with zero attached hydrogens (tertiary/aromatic N) is 1. The quantitative estimate of drug-likeness (QED) is 0.613. The van der Waals surface area contributed by atoms with Crippen molar-refractivity contribution in [1.29, 1.82) is 0 Å². The molecule has 14 heavy (non-hydrogen) atoms. The van der Waals surface area contributed by atoms with E-state index in [-0.39, 0.29) is 12.5 Å². The van der Waals surface area contributed by atoms with Gasteiger partial charge in [0.05, 0.1) is 6.54 Å². The Kier molecular flexibility index (Phi) is 5.56. The Morgan fingerprint density at radius 1 is 1.29 bits per heavy atom. The number of piperidine rings is 1. The van der Waals surface area contributed by atoms with Crippen LogP contribution in [0.25, 0.3) is 0 Å². The molecule has 1 heterocycles. The fourth-order valence-corrected chi connectivity index (χ4v) is 1.68. The summed E-state index contributed by atoms with van der Waals surface area (Å²) in [4.78, 5) is 13.5. The van der Waals surface area contributed by atoms with Crippen LogP contribution in [-0.2, 0) is 4.79 Å². The van der Waals surface area contributed by atoms with Gasteiger partial charge in [0.15, 0.2) is 0 Å². The first-order chi connectivity index (χ1) is 6.83. The molecule has 82 valence electrons. The number of hydrogen-bond acceptors (Lipinski definition) is 3. The molecule has 0 bridgehead atoms. The Labute approximate surface area is 85.3 Å². The molecule has 0 atom stereocenters. The second kappa shape index (κ2) is 6.79. The minimum Gasteiger partial charge on any atom is -0.396 e. The van der Waals surface area contributed by atoms with Crippen LogP contribution in [0, 0.1) is 0 Å². The largest absolute Gasteiger partial charge is 0.396 e. The Hall–Kier alpha value is -0.610. The van der Waals surface area contributed by atoms with E-state index in [1.165, 1.54) is 19.3 Å². The highest BCUT2D eigenvalue weighted by Crippen LogP contribution is 2.07. The van der Waals surface area contributed by atoms with Crippen molar-refractivity contribution in [2.45, 2.75) is 25.7 Å². The van der Waals surface area contributed by atoms with Crippen molar-refractivity contribution in [3.05, 3.63) is 0 Å². The Balaban J connectivity index is 2.06. The fourth-order valence-electron chi connectivity index (χ4n) is 1.68. The van der Waals surface area contributed by atoms with E-state index in [0.29, 0.717) is 19.5 Å². The van der Waals surface area contributed by atoms with E-state index in [9.17, 15) is 4.79 Å². The minimum atomic E-state index is 0.0837. The number of aliphatic hydroxyl groups excluding tert-OH is 1. The highest BCUT2D eigenvalue weighted by Gasteiger charge is 2.12. The van der Waals surface area contributed by atoms with Gasteiger partial charge < -0.3 is 10.4 Å². The molecular weight excluding hydrogens is 180 g/mol. The lowest BCUT2D eigenvalue weighted by Crippen LogP contribution is -2.40. The van der Waals surface area contributed by atoms with Gasteiger partial charge in [-0.05, 0) is 32.4 Å². The lowest BCUT2D eigenvalue weighted by molar-refractivity contribution is -0.122.